The number of allylic oxidation sites excluding steroid dienone is 4. The van der Waals surface area contributed by atoms with E-state index in [9.17, 15) is 14.0 Å². The molecule has 188 valence electrons. The number of hydrogen-bond acceptors (Lipinski definition) is 5. The maximum absolute atomic E-state index is 13.6. The molecule has 2 amide bonds. The number of imidazole rings is 1. The minimum absolute atomic E-state index is 0.0882. The molecule has 2 aromatic heterocycles. The van der Waals surface area contributed by atoms with E-state index in [0.29, 0.717) is 17.9 Å². The molecular formula is C26H30FN7O2. The third-order valence-electron chi connectivity index (χ3n) is 6.54. The van der Waals surface area contributed by atoms with Gasteiger partial charge in [0.25, 0.3) is 11.8 Å². The van der Waals surface area contributed by atoms with Crippen LogP contribution in [0.2, 0.25) is 0 Å². The van der Waals surface area contributed by atoms with Crippen LogP contribution in [0.5, 0.6) is 0 Å². The van der Waals surface area contributed by atoms with E-state index in [1.165, 1.54) is 18.3 Å². The number of nitrogens with zero attached hydrogens (tertiary/aromatic N) is 5. The fourth-order valence-corrected chi connectivity index (χ4v) is 3.95. The smallest absolute Gasteiger partial charge is 0.288 e. The van der Waals surface area contributed by atoms with Gasteiger partial charge in [-0.3, -0.25) is 14.9 Å². The molecule has 0 radical (unpaired) electrons. The van der Waals surface area contributed by atoms with Crippen molar-refractivity contribution >= 4 is 17.8 Å². The van der Waals surface area contributed by atoms with Crippen LogP contribution >= 0.6 is 0 Å². The van der Waals surface area contributed by atoms with Gasteiger partial charge in [-0.15, -0.1) is 5.10 Å². The highest BCUT2D eigenvalue weighted by atomic mass is 19.1. The van der Waals surface area contributed by atoms with E-state index >= 15 is 0 Å². The van der Waals surface area contributed by atoms with Crippen molar-refractivity contribution in [3.63, 3.8) is 0 Å². The van der Waals surface area contributed by atoms with E-state index in [4.69, 9.17) is 0 Å². The summed E-state index contributed by atoms with van der Waals surface area (Å²) in [5, 5.41) is 9.99. The number of nitrogens with one attached hydrogen (secondary N) is 2. The van der Waals surface area contributed by atoms with Gasteiger partial charge in [-0.1, -0.05) is 38.2 Å². The maximum atomic E-state index is 13.6. The van der Waals surface area contributed by atoms with Gasteiger partial charge in [-0.25, -0.2) is 14.1 Å². The summed E-state index contributed by atoms with van der Waals surface area (Å²) < 4.78 is 16.9. The third-order valence-corrected chi connectivity index (χ3v) is 6.54. The molecule has 0 saturated heterocycles. The van der Waals surface area contributed by atoms with Crippen molar-refractivity contribution in [2.75, 3.05) is 5.32 Å². The Morgan fingerprint density at radius 2 is 1.92 bits per heavy atom. The van der Waals surface area contributed by atoms with Crippen LogP contribution in [-0.2, 0) is 18.4 Å². The first-order chi connectivity index (χ1) is 17.0. The summed E-state index contributed by atoms with van der Waals surface area (Å²) in [6, 6.07) is 5.97. The van der Waals surface area contributed by atoms with E-state index in [1.807, 2.05) is 12.2 Å². The van der Waals surface area contributed by atoms with Crippen molar-refractivity contribution in [2.24, 2.45) is 18.4 Å². The van der Waals surface area contributed by atoms with Crippen molar-refractivity contribution in [1.82, 2.24) is 29.6 Å². The minimum atomic E-state index is -1.28. The zero-order chi connectivity index (χ0) is 26.1. The van der Waals surface area contributed by atoms with Crippen LogP contribution < -0.4 is 10.6 Å². The number of anilines is 1. The Morgan fingerprint density at radius 3 is 2.56 bits per heavy atom. The predicted molar refractivity (Wildman–Crippen MR) is 134 cm³/mol. The number of aryl methyl sites for hydroxylation is 1. The summed E-state index contributed by atoms with van der Waals surface area (Å²) in [5.74, 6) is -0.314. The van der Waals surface area contributed by atoms with Gasteiger partial charge in [-0.05, 0) is 44.0 Å². The van der Waals surface area contributed by atoms with Crippen molar-refractivity contribution in [2.45, 2.75) is 39.8 Å². The van der Waals surface area contributed by atoms with Crippen LogP contribution in [0.1, 0.15) is 38.3 Å². The Morgan fingerprint density at radius 1 is 1.19 bits per heavy atom. The highest BCUT2D eigenvalue weighted by Gasteiger charge is 2.34. The van der Waals surface area contributed by atoms with Crippen molar-refractivity contribution in [3.05, 3.63) is 72.6 Å². The molecule has 0 saturated carbocycles. The highest BCUT2D eigenvalue weighted by molar-refractivity contribution is 6.01. The molecule has 9 nitrogen and oxygen atoms in total. The molecule has 36 heavy (non-hydrogen) atoms. The van der Waals surface area contributed by atoms with E-state index in [-0.39, 0.29) is 28.9 Å². The summed E-state index contributed by atoms with van der Waals surface area (Å²) in [4.78, 5) is 34.3. The lowest BCUT2D eigenvalue weighted by Gasteiger charge is -2.33. The van der Waals surface area contributed by atoms with Gasteiger partial charge in [0.15, 0.2) is 11.6 Å². The van der Waals surface area contributed by atoms with Crippen molar-refractivity contribution in [1.29, 1.82) is 0 Å². The molecule has 2 atom stereocenters. The SMILES string of the molecule is CC1C=CC=CC1(C)Cn1nc(NC(=O)C(C)(C)NC(=O)c2nccn2C)nc1-c1ccc(F)cc1. The predicted octanol–water partition coefficient (Wildman–Crippen LogP) is 3.73. The van der Waals surface area contributed by atoms with Crippen LogP contribution in [0.15, 0.2) is 61.0 Å². The average Bonchev–Trinajstić information content (AvgIpc) is 3.42. The third kappa shape index (κ3) is 5.12. The van der Waals surface area contributed by atoms with Crippen LogP contribution in [0.3, 0.4) is 0 Å². The lowest BCUT2D eigenvalue weighted by molar-refractivity contribution is -0.121. The van der Waals surface area contributed by atoms with Gasteiger partial charge in [0.2, 0.25) is 5.95 Å². The molecule has 3 aromatic rings. The summed E-state index contributed by atoms with van der Waals surface area (Å²) in [6.45, 7) is 7.92. The van der Waals surface area contributed by atoms with Gasteiger partial charge in [-0.2, -0.15) is 4.98 Å². The second-order valence-electron chi connectivity index (χ2n) is 9.86. The van der Waals surface area contributed by atoms with E-state index < -0.39 is 17.4 Å². The normalized spacial score (nSPS) is 19.3. The summed E-state index contributed by atoms with van der Waals surface area (Å²) in [5.41, 5.74) is -0.853. The number of hydrogen-bond donors (Lipinski definition) is 2. The number of aromatic nitrogens is 5. The molecule has 10 heteroatoms. The average molecular weight is 492 g/mol. The topological polar surface area (TPSA) is 107 Å². The number of carbonyl (C=O) groups excluding carboxylic acids is 2. The maximum Gasteiger partial charge on any atom is 0.288 e. The first kappa shape index (κ1) is 25.0. The van der Waals surface area contributed by atoms with E-state index in [0.717, 1.165) is 0 Å². The first-order valence-electron chi connectivity index (χ1n) is 11.7. The second-order valence-corrected chi connectivity index (χ2v) is 9.86. The second kappa shape index (κ2) is 9.52. The molecule has 0 bridgehead atoms. The molecule has 1 aromatic carbocycles. The van der Waals surface area contributed by atoms with Crippen molar-refractivity contribution < 1.29 is 14.0 Å². The molecule has 0 aliphatic heterocycles. The number of amides is 2. The zero-order valence-electron chi connectivity index (χ0n) is 21.0. The van der Waals surface area contributed by atoms with E-state index in [2.05, 4.69) is 51.7 Å². The Kier molecular flexibility index (Phi) is 6.62. The molecular weight excluding hydrogens is 461 g/mol. The van der Waals surface area contributed by atoms with Crippen LogP contribution in [0, 0.1) is 17.2 Å². The van der Waals surface area contributed by atoms with Crippen LogP contribution in [0.4, 0.5) is 10.3 Å². The molecule has 1 aliphatic rings. The quantitative estimate of drug-likeness (QED) is 0.524. The van der Waals surface area contributed by atoms with Gasteiger partial charge in [0, 0.05) is 30.4 Å². The molecule has 0 fully saturated rings. The summed E-state index contributed by atoms with van der Waals surface area (Å²) >= 11 is 0. The Labute approximate surface area is 209 Å². The molecule has 1 aliphatic carbocycles. The Bertz CT molecular complexity index is 1340. The number of halogens is 1. The number of carbonyl (C=O) groups is 2. The number of benzene rings is 1. The minimum Gasteiger partial charge on any atom is -0.335 e. The highest BCUT2D eigenvalue weighted by Crippen LogP contribution is 2.36. The van der Waals surface area contributed by atoms with Gasteiger partial charge < -0.3 is 9.88 Å². The fourth-order valence-electron chi connectivity index (χ4n) is 3.95. The zero-order valence-corrected chi connectivity index (χ0v) is 21.0. The van der Waals surface area contributed by atoms with Gasteiger partial charge in [0.05, 0.1) is 6.54 Å². The molecule has 0 spiro atoms. The Balaban J connectivity index is 1.60. The standard InChI is InChI=1S/C26H30FN7O2/c1-17-8-6-7-13-26(17,4)16-34-20(18-9-11-19(27)12-10-18)29-24(32-34)30-23(36)25(2,3)31-22(35)21-28-14-15-33(21)5/h6-15,17H,16H2,1-5H3,(H,31,35)(H,30,32,36). The fraction of sp³-hybridized carbons (Fsp3) is 0.346. The molecule has 2 unspecified atom stereocenters. The largest absolute Gasteiger partial charge is 0.335 e. The molecule has 4 rings (SSSR count). The Hall–Kier alpha value is -4.08. The lowest BCUT2D eigenvalue weighted by atomic mass is 9.75. The monoisotopic (exact) mass is 491 g/mol. The van der Waals surface area contributed by atoms with E-state index in [1.54, 1.807) is 48.5 Å². The summed E-state index contributed by atoms with van der Waals surface area (Å²) in [6.07, 6.45) is 11.4. The lowest BCUT2D eigenvalue weighted by Crippen LogP contribution is -2.52. The molecule has 2 N–H and O–H groups in total. The van der Waals surface area contributed by atoms with Crippen LogP contribution in [0.25, 0.3) is 11.4 Å². The van der Waals surface area contributed by atoms with Crippen molar-refractivity contribution in [3.8, 4) is 11.4 Å². The summed E-state index contributed by atoms with van der Waals surface area (Å²) in [7, 11) is 1.70. The van der Waals surface area contributed by atoms with Gasteiger partial charge >= 0.3 is 0 Å². The first-order valence-corrected chi connectivity index (χ1v) is 11.7. The number of rotatable bonds is 7. The van der Waals surface area contributed by atoms with Gasteiger partial charge in [0.1, 0.15) is 11.4 Å². The van der Waals surface area contributed by atoms with Crippen LogP contribution in [-0.4, -0.2) is 41.7 Å². The molecule has 2 heterocycles.